The zero-order valence-electron chi connectivity index (χ0n) is 26.6. The molecule has 15 heteroatoms. The SMILES string of the molecule is CS(=O)(=O)N1CCc2c(c(-c3ccc(C(F)(F)F)c(CNC(=O)c4ccc(O)cc4)c3)nn2CCCC2CNC(=O)C23CCNCC3)C1. The van der Waals surface area contributed by atoms with Crippen molar-refractivity contribution in [2.75, 3.05) is 32.4 Å². The number of hydrogen-bond donors (Lipinski definition) is 4. The lowest BCUT2D eigenvalue weighted by molar-refractivity contribution is -0.138. The number of piperidine rings is 1. The minimum atomic E-state index is -4.69. The number of nitrogens with one attached hydrogen (secondary N) is 3. The molecule has 2 saturated heterocycles. The van der Waals surface area contributed by atoms with Gasteiger partial charge in [-0.25, -0.2) is 8.42 Å². The van der Waals surface area contributed by atoms with Gasteiger partial charge in [0.05, 0.1) is 22.9 Å². The molecule has 258 valence electrons. The van der Waals surface area contributed by atoms with Gasteiger partial charge in [0.2, 0.25) is 15.9 Å². The molecule has 2 amide bonds. The average Bonchev–Trinajstić information content (AvgIpc) is 3.56. The van der Waals surface area contributed by atoms with Gasteiger partial charge in [0.15, 0.2) is 0 Å². The number of rotatable bonds is 9. The van der Waals surface area contributed by atoms with Crippen molar-refractivity contribution in [3.05, 3.63) is 70.4 Å². The third kappa shape index (κ3) is 6.80. The molecule has 48 heavy (non-hydrogen) atoms. The number of hydrogen-bond acceptors (Lipinski definition) is 7. The molecular weight excluding hydrogens is 649 g/mol. The van der Waals surface area contributed by atoms with Crippen LogP contribution in [0.1, 0.15) is 58.4 Å². The van der Waals surface area contributed by atoms with Gasteiger partial charge in [0.1, 0.15) is 5.75 Å². The molecule has 0 radical (unpaired) electrons. The minimum Gasteiger partial charge on any atom is -0.508 e. The molecule has 1 atom stereocenters. The summed E-state index contributed by atoms with van der Waals surface area (Å²) in [6.45, 7) is 2.61. The average molecular weight is 689 g/mol. The summed E-state index contributed by atoms with van der Waals surface area (Å²) in [5.74, 6) is -0.351. The van der Waals surface area contributed by atoms with Crippen molar-refractivity contribution in [2.24, 2.45) is 11.3 Å². The fraction of sp³-hybridized carbons (Fsp3) is 0.485. The van der Waals surface area contributed by atoms with Crippen LogP contribution >= 0.6 is 0 Å². The van der Waals surface area contributed by atoms with Crippen molar-refractivity contribution in [1.82, 2.24) is 30.0 Å². The van der Waals surface area contributed by atoms with E-state index in [4.69, 9.17) is 5.10 Å². The summed E-state index contributed by atoms with van der Waals surface area (Å²) in [7, 11) is -3.55. The maximum Gasteiger partial charge on any atom is 0.416 e. The van der Waals surface area contributed by atoms with E-state index in [1.54, 1.807) is 0 Å². The Balaban J connectivity index is 1.28. The molecule has 0 bridgehead atoms. The van der Waals surface area contributed by atoms with Gasteiger partial charge in [-0.3, -0.25) is 14.3 Å². The molecule has 3 aromatic rings. The van der Waals surface area contributed by atoms with Crippen molar-refractivity contribution < 1.29 is 36.3 Å². The Labute approximate surface area is 276 Å². The van der Waals surface area contributed by atoms with E-state index in [2.05, 4.69) is 16.0 Å². The van der Waals surface area contributed by atoms with E-state index in [1.807, 2.05) is 4.68 Å². The van der Waals surface area contributed by atoms with Crippen LogP contribution in [0.15, 0.2) is 42.5 Å². The Kier molecular flexibility index (Phi) is 9.30. The predicted molar refractivity (Wildman–Crippen MR) is 171 cm³/mol. The third-order valence-corrected chi connectivity index (χ3v) is 11.2. The monoisotopic (exact) mass is 688 g/mol. The van der Waals surface area contributed by atoms with Crippen LogP contribution in [0.3, 0.4) is 0 Å². The zero-order chi connectivity index (χ0) is 34.3. The summed E-state index contributed by atoms with van der Waals surface area (Å²) in [6.07, 6.45) is -0.0723. The number of carbonyl (C=O) groups is 2. The molecule has 2 aromatic carbocycles. The van der Waals surface area contributed by atoms with Crippen LogP contribution in [0.4, 0.5) is 13.2 Å². The summed E-state index contributed by atoms with van der Waals surface area (Å²) in [4.78, 5) is 25.5. The number of nitrogens with zero attached hydrogens (tertiary/aromatic N) is 3. The van der Waals surface area contributed by atoms with Crippen LogP contribution in [0.2, 0.25) is 0 Å². The molecule has 0 saturated carbocycles. The number of aromatic hydroxyl groups is 1. The standard InChI is InChI=1S/C33H39F3N6O5S/c1-48(46,47)41-16-10-28-26(20-41)29(40-42(28)15-2-3-24-19-39-31(45)32(24)11-13-37-14-12-32)22-6-9-27(33(34,35)36)23(17-22)18-38-30(44)21-4-7-25(43)8-5-21/h4-9,17,24,37,43H,2-3,10-16,18-20H2,1H3,(H,38,44)(H,39,45). The number of amides is 2. The predicted octanol–water partition coefficient (Wildman–Crippen LogP) is 3.42. The highest BCUT2D eigenvalue weighted by Crippen LogP contribution is 2.43. The van der Waals surface area contributed by atoms with Crippen LogP contribution in [0, 0.1) is 11.3 Å². The Hall–Kier alpha value is -3.95. The van der Waals surface area contributed by atoms with E-state index in [-0.39, 0.29) is 47.2 Å². The molecule has 4 N–H and O–H groups in total. The van der Waals surface area contributed by atoms with Crippen molar-refractivity contribution in [3.63, 3.8) is 0 Å². The molecular formula is C33H39F3N6O5S. The van der Waals surface area contributed by atoms with E-state index < -0.39 is 34.2 Å². The quantitative estimate of drug-likeness (QED) is 0.270. The first kappa shape index (κ1) is 33.9. The second-order valence-electron chi connectivity index (χ2n) is 12.9. The van der Waals surface area contributed by atoms with E-state index >= 15 is 0 Å². The summed E-state index contributed by atoms with van der Waals surface area (Å²) in [5.41, 5.74) is 0.973. The van der Waals surface area contributed by atoms with Crippen LogP contribution in [-0.2, 0) is 47.0 Å². The Bertz CT molecular complexity index is 1800. The van der Waals surface area contributed by atoms with Crippen molar-refractivity contribution in [1.29, 1.82) is 0 Å². The van der Waals surface area contributed by atoms with Gasteiger partial charge in [0, 0.05) is 61.5 Å². The fourth-order valence-electron chi connectivity index (χ4n) is 7.37. The van der Waals surface area contributed by atoms with Gasteiger partial charge in [-0.2, -0.15) is 22.6 Å². The zero-order valence-corrected chi connectivity index (χ0v) is 27.4. The lowest BCUT2D eigenvalue weighted by Gasteiger charge is -2.36. The van der Waals surface area contributed by atoms with Crippen LogP contribution < -0.4 is 16.0 Å². The van der Waals surface area contributed by atoms with Crippen molar-refractivity contribution in [2.45, 2.75) is 57.9 Å². The Morgan fingerprint density at radius 1 is 1.15 bits per heavy atom. The summed E-state index contributed by atoms with van der Waals surface area (Å²) in [6, 6.07) is 9.00. The Morgan fingerprint density at radius 2 is 1.88 bits per heavy atom. The van der Waals surface area contributed by atoms with Crippen LogP contribution in [-0.4, -0.2) is 71.9 Å². The second-order valence-corrected chi connectivity index (χ2v) is 14.9. The number of aromatic nitrogens is 2. The first-order chi connectivity index (χ1) is 22.8. The molecule has 6 rings (SSSR count). The minimum absolute atomic E-state index is 0.0363. The van der Waals surface area contributed by atoms with Gasteiger partial charge >= 0.3 is 6.18 Å². The van der Waals surface area contributed by atoms with Gasteiger partial charge < -0.3 is 21.1 Å². The molecule has 3 aliphatic heterocycles. The number of carbonyl (C=O) groups excluding carboxylic acids is 2. The lowest BCUT2D eigenvalue weighted by atomic mass is 9.69. The summed E-state index contributed by atoms with van der Waals surface area (Å²) in [5, 5.41) is 23.3. The Morgan fingerprint density at radius 3 is 2.56 bits per heavy atom. The molecule has 1 aromatic heterocycles. The molecule has 4 heterocycles. The summed E-state index contributed by atoms with van der Waals surface area (Å²) >= 11 is 0. The van der Waals surface area contributed by atoms with E-state index in [1.165, 1.54) is 40.7 Å². The van der Waals surface area contributed by atoms with Crippen LogP contribution in [0.25, 0.3) is 11.3 Å². The highest BCUT2D eigenvalue weighted by Gasteiger charge is 2.49. The number of phenols is 1. The first-order valence-corrected chi connectivity index (χ1v) is 17.9. The van der Waals surface area contributed by atoms with E-state index in [0.717, 1.165) is 56.8 Å². The third-order valence-electron chi connectivity index (χ3n) is 9.98. The van der Waals surface area contributed by atoms with Gasteiger partial charge in [-0.15, -0.1) is 0 Å². The number of fused-ring (bicyclic) bond motifs is 1. The number of halogens is 3. The van der Waals surface area contributed by atoms with E-state index in [9.17, 15) is 36.3 Å². The van der Waals surface area contributed by atoms with Gasteiger partial charge in [-0.1, -0.05) is 6.07 Å². The highest BCUT2D eigenvalue weighted by molar-refractivity contribution is 7.88. The maximum absolute atomic E-state index is 14.1. The van der Waals surface area contributed by atoms with Crippen molar-refractivity contribution >= 4 is 21.8 Å². The normalized spacial score (nSPS) is 19.7. The molecule has 0 aliphatic carbocycles. The number of aryl methyl sites for hydroxylation is 1. The number of sulfonamides is 1. The smallest absolute Gasteiger partial charge is 0.416 e. The molecule has 1 unspecified atom stereocenters. The number of phenolic OH excluding ortho intramolecular Hbond substituents is 1. The van der Waals surface area contributed by atoms with Gasteiger partial charge in [0.25, 0.3) is 5.91 Å². The second kappa shape index (κ2) is 13.2. The van der Waals surface area contributed by atoms with Crippen molar-refractivity contribution in [3.8, 4) is 17.0 Å². The topological polar surface area (TPSA) is 146 Å². The fourth-order valence-corrected chi connectivity index (χ4v) is 8.15. The maximum atomic E-state index is 14.1. The summed E-state index contributed by atoms with van der Waals surface area (Å²) < 4.78 is 70.5. The molecule has 2 fully saturated rings. The number of benzene rings is 2. The largest absolute Gasteiger partial charge is 0.508 e. The number of alkyl halides is 3. The highest BCUT2D eigenvalue weighted by atomic mass is 32.2. The van der Waals surface area contributed by atoms with E-state index in [0.29, 0.717) is 36.3 Å². The van der Waals surface area contributed by atoms with Gasteiger partial charge in [-0.05, 0) is 86.7 Å². The molecule has 11 nitrogen and oxygen atoms in total. The lowest BCUT2D eigenvalue weighted by Crippen LogP contribution is -2.44. The first-order valence-electron chi connectivity index (χ1n) is 16.1. The molecule has 1 spiro atoms. The van der Waals surface area contributed by atoms with Crippen LogP contribution in [0.5, 0.6) is 5.75 Å². The molecule has 3 aliphatic rings.